The van der Waals surface area contributed by atoms with Crippen molar-refractivity contribution in [2.24, 2.45) is 0 Å². The molecule has 1 unspecified atom stereocenters. The summed E-state index contributed by atoms with van der Waals surface area (Å²) in [6, 6.07) is 5.69. The second-order valence-electron chi connectivity index (χ2n) is 5.67. The molecule has 1 N–H and O–H groups in total. The molecular formula is C17H23FN2S. The van der Waals surface area contributed by atoms with Gasteiger partial charge in [-0.25, -0.2) is 9.37 Å². The molecular weight excluding hydrogens is 283 g/mol. The number of rotatable bonds is 5. The van der Waals surface area contributed by atoms with Crippen LogP contribution in [0.1, 0.15) is 53.5 Å². The van der Waals surface area contributed by atoms with Crippen LogP contribution in [-0.4, -0.2) is 11.0 Å². The van der Waals surface area contributed by atoms with Gasteiger partial charge in [-0.3, -0.25) is 0 Å². The lowest BCUT2D eigenvalue weighted by Crippen LogP contribution is -2.29. The van der Waals surface area contributed by atoms with Gasteiger partial charge in [0.15, 0.2) is 0 Å². The van der Waals surface area contributed by atoms with E-state index in [-0.39, 0.29) is 11.9 Å². The Balaban J connectivity index is 2.43. The average Bonchev–Trinajstić information content (AvgIpc) is 2.80. The van der Waals surface area contributed by atoms with Gasteiger partial charge in [-0.15, -0.1) is 11.3 Å². The molecule has 1 aromatic carbocycles. The summed E-state index contributed by atoms with van der Waals surface area (Å²) in [7, 11) is 0. The minimum Gasteiger partial charge on any atom is -0.302 e. The summed E-state index contributed by atoms with van der Waals surface area (Å²) in [6.45, 7) is 10.2. The molecule has 2 aromatic rings. The molecule has 0 saturated heterocycles. The molecule has 0 aliphatic heterocycles. The Morgan fingerprint density at radius 3 is 2.52 bits per heavy atom. The highest BCUT2D eigenvalue weighted by molar-refractivity contribution is 7.11. The molecule has 0 aliphatic carbocycles. The molecule has 1 aromatic heterocycles. The van der Waals surface area contributed by atoms with E-state index in [0.29, 0.717) is 11.6 Å². The monoisotopic (exact) mass is 306 g/mol. The molecule has 1 atom stereocenters. The van der Waals surface area contributed by atoms with Crippen LogP contribution in [0.5, 0.6) is 0 Å². The van der Waals surface area contributed by atoms with Crippen molar-refractivity contribution in [3.63, 3.8) is 0 Å². The van der Waals surface area contributed by atoms with Crippen molar-refractivity contribution in [2.45, 2.75) is 53.1 Å². The van der Waals surface area contributed by atoms with E-state index < -0.39 is 0 Å². The normalized spacial score (nSPS) is 12.9. The predicted molar refractivity (Wildman–Crippen MR) is 87.5 cm³/mol. The quantitative estimate of drug-likeness (QED) is 0.876. The first-order valence-electron chi connectivity index (χ1n) is 7.40. The van der Waals surface area contributed by atoms with Gasteiger partial charge in [0.05, 0.1) is 11.7 Å². The van der Waals surface area contributed by atoms with E-state index in [4.69, 9.17) is 4.98 Å². The third kappa shape index (κ3) is 3.69. The molecule has 0 radical (unpaired) electrons. The van der Waals surface area contributed by atoms with Crippen LogP contribution >= 0.6 is 11.3 Å². The lowest BCUT2D eigenvalue weighted by Gasteiger charge is -2.20. The predicted octanol–water partition coefficient (Wildman–Crippen LogP) is 4.55. The van der Waals surface area contributed by atoms with Gasteiger partial charge in [0.2, 0.25) is 0 Å². The van der Waals surface area contributed by atoms with E-state index >= 15 is 0 Å². The molecule has 0 fully saturated rings. The highest BCUT2D eigenvalue weighted by atomic mass is 32.1. The van der Waals surface area contributed by atoms with Crippen LogP contribution in [0.25, 0.3) is 0 Å². The summed E-state index contributed by atoms with van der Waals surface area (Å²) in [5.41, 5.74) is 2.74. The van der Waals surface area contributed by atoms with E-state index in [9.17, 15) is 4.39 Å². The zero-order valence-electron chi connectivity index (χ0n) is 13.3. The number of thiazole rings is 1. The van der Waals surface area contributed by atoms with Gasteiger partial charge < -0.3 is 5.32 Å². The fourth-order valence-electron chi connectivity index (χ4n) is 2.33. The van der Waals surface area contributed by atoms with Crippen molar-refractivity contribution in [3.05, 3.63) is 50.7 Å². The van der Waals surface area contributed by atoms with Crippen LogP contribution in [0, 0.1) is 19.7 Å². The minimum atomic E-state index is -0.160. The van der Waals surface area contributed by atoms with Crippen LogP contribution in [0.4, 0.5) is 4.39 Å². The van der Waals surface area contributed by atoms with E-state index in [1.54, 1.807) is 24.3 Å². The number of halogens is 1. The Morgan fingerprint density at radius 1 is 1.29 bits per heavy atom. The molecule has 0 aliphatic rings. The second kappa shape index (κ2) is 6.67. The topological polar surface area (TPSA) is 24.9 Å². The highest BCUT2D eigenvalue weighted by Crippen LogP contribution is 2.29. The van der Waals surface area contributed by atoms with Gasteiger partial charge in [0.1, 0.15) is 10.8 Å². The summed E-state index contributed by atoms with van der Waals surface area (Å²) in [6.07, 6.45) is 0.930. The lowest BCUT2D eigenvalue weighted by atomic mass is 10.0. The number of hydrogen-bond acceptors (Lipinski definition) is 3. The van der Waals surface area contributed by atoms with Crippen molar-refractivity contribution in [3.8, 4) is 0 Å². The fourth-order valence-corrected chi connectivity index (χ4v) is 3.43. The lowest BCUT2D eigenvalue weighted by molar-refractivity contribution is 0.522. The molecule has 0 amide bonds. The largest absolute Gasteiger partial charge is 0.302 e. The molecule has 1 heterocycles. The number of aromatic nitrogens is 1. The first kappa shape index (κ1) is 16.1. The van der Waals surface area contributed by atoms with Crippen molar-refractivity contribution in [1.29, 1.82) is 0 Å². The van der Waals surface area contributed by atoms with E-state index in [1.165, 1.54) is 4.88 Å². The molecule has 0 spiro atoms. The van der Waals surface area contributed by atoms with E-state index in [2.05, 4.69) is 33.0 Å². The maximum Gasteiger partial charge on any atom is 0.126 e. The Labute approximate surface area is 130 Å². The summed E-state index contributed by atoms with van der Waals surface area (Å²) >= 11 is 1.70. The molecule has 21 heavy (non-hydrogen) atoms. The van der Waals surface area contributed by atoms with Crippen LogP contribution in [0.3, 0.4) is 0 Å². The van der Waals surface area contributed by atoms with Crippen LogP contribution in [0.2, 0.25) is 0 Å². The van der Waals surface area contributed by atoms with Gasteiger partial charge in [-0.1, -0.05) is 19.1 Å². The number of aryl methyl sites for hydroxylation is 3. The first-order chi connectivity index (χ1) is 9.92. The van der Waals surface area contributed by atoms with Crippen molar-refractivity contribution < 1.29 is 4.39 Å². The van der Waals surface area contributed by atoms with Gasteiger partial charge in [0.25, 0.3) is 0 Å². The molecule has 4 heteroatoms. The molecule has 0 saturated carbocycles. The Kier molecular flexibility index (Phi) is 5.12. The van der Waals surface area contributed by atoms with Crippen LogP contribution < -0.4 is 5.32 Å². The maximum absolute atomic E-state index is 13.9. The average molecular weight is 306 g/mol. The Bertz CT molecular complexity index is 619. The van der Waals surface area contributed by atoms with Crippen molar-refractivity contribution in [2.75, 3.05) is 0 Å². The minimum absolute atomic E-state index is 0.0518. The number of hydrogen-bond donors (Lipinski definition) is 1. The highest BCUT2D eigenvalue weighted by Gasteiger charge is 2.20. The van der Waals surface area contributed by atoms with Gasteiger partial charge >= 0.3 is 0 Å². The maximum atomic E-state index is 13.9. The Morgan fingerprint density at radius 2 is 2.00 bits per heavy atom. The SMILES string of the molecule is CCc1nc(C(NC(C)C)c2ccc(C)c(F)c2)sc1C. The van der Waals surface area contributed by atoms with Gasteiger partial charge in [-0.2, -0.15) is 0 Å². The zero-order valence-corrected chi connectivity index (χ0v) is 14.1. The zero-order chi connectivity index (χ0) is 15.6. The third-order valence-electron chi connectivity index (χ3n) is 3.52. The summed E-state index contributed by atoms with van der Waals surface area (Å²) < 4.78 is 13.9. The molecule has 0 bridgehead atoms. The van der Waals surface area contributed by atoms with Crippen molar-refractivity contribution >= 4 is 11.3 Å². The number of nitrogens with zero attached hydrogens (tertiary/aromatic N) is 1. The number of benzene rings is 1. The van der Waals surface area contributed by atoms with Crippen molar-refractivity contribution in [1.82, 2.24) is 10.3 Å². The standard InChI is InChI=1S/C17H23FN2S/c1-6-15-12(5)21-17(20-15)16(19-10(2)3)13-8-7-11(4)14(18)9-13/h7-10,16,19H,6H2,1-5H3. The summed E-state index contributed by atoms with van der Waals surface area (Å²) in [5.74, 6) is -0.160. The van der Waals surface area contributed by atoms with Crippen LogP contribution in [0.15, 0.2) is 18.2 Å². The Hall–Kier alpha value is -1.26. The molecule has 2 nitrogen and oxygen atoms in total. The number of nitrogens with one attached hydrogen (secondary N) is 1. The smallest absolute Gasteiger partial charge is 0.126 e. The third-order valence-corrected chi connectivity index (χ3v) is 4.60. The first-order valence-corrected chi connectivity index (χ1v) is 8.22. The van der Waals surface area contributed by atoms with Gasteiger partial charge in [0, 0.05) is 10.9 Å². The molecule has 114 valence electrons. The van der Waals surface area contributed by atoms with E-state index in [0.717, 1.165) is 22.7 Å². The molecule has 2 rings (SSSR count). The van der Waals surface area contributed by atoms with Crippen LogP contribution in [-0.2, 0) is 6.42 Å². The summed E-state index contributed by atoms with van der Waals surface area (Å²) in [5, 5.41) is 4.52. The second-order valence-corrected chi connectivity index (χ2v) is 6.91. The van der Waals surface area contributed by atoms with Gasteiger partial charge in [-0.05, 0) is 51.3 Å². The summed E-state index contributed by atoms with van der Waals surface area (Å²) in [4.78, 5) is 5.99. The van der Waals surface area contributed by atoms with E-state index in [1.807, 2.05) is 12.1 Å². The fraction of sp³-hybridized carbons (Fsp3) is 0.471.